The van der Waals surface area contributed by atoms with E-state index in [4.69, 9.17) is 5.21 Å². The number of nitrogens with zero attached hydrogens (tertiary/aromatic N) is 1. The minimum atomic E-state index is -0.374. The van der Waals surface area contributed by atoms with Gasteiger partial charge in [-0.3, -0.25) is 4.79 Å². The van der Waals surface area contributed by atoms with Crippen molar-refractivity contribution in [3.8, 4) is 0 Å². The Labute approximate surface area is 82.2 Å². The number of nitrogens with one attached hydrogen (secondary N) is 1. The van der Waals surface area contributed by atoms with Gasteiger partial charge in [-0.05, 0) is 6.92 Å². The Kier molecular flexibility index (Phi) is 3.67. The van der Waals surface area contributed by atoms with Gasteiger partial charge in [0.25, 0.3) is 5.91 Å². The maximum absolute atomic E-state index is 11.4. The van der Waals surface area contributed by atoms with Crippen LogP contribution < -0.4 is 5.32 Å². The van der Waals surface area contributed by atoms with Gasteiger partial charge >= 0.3 is 0 Å². The number of hydrogen-bond acceptors (Lipinski definition) is 3. The first-order valence-corrected chi connectivity index (χ1v) is 4.35. The molecule has 1 amide bonds. The average molecular weight is 192 g/mol. The molecule has 0 aliphatic rings. The molecular weight excluding hydrogens is 180 g/mol. The lowest BCUT2D eigenvalue weighted by Crippen LogP contribution is -2.31. The Morgan fingerprint density at radius 2 is 2.07 bits per heavy atom. The van der Waals surface area contributed by atoms with E-state index in [9.17, 15) is 4.79 Å². The molecule has 4 nitrogen and oxygen atoms in total. The van der Waals surface area contributed by atoms with E-state index >= 15 is 0 Å². The van der Waals surface area contributed by atoms with Crippen LogP contribution in [-0.4, -0.2) is 23.4 Å². The van der Waals surface area contributed by atoms with Crippen LogP contribution in [0.2, 0.25) is 0 Å². The molecule has 2 N–H and O–H groups in total. The van der Waals surface area contributed by atoms with Gasteiger partial charge in [0.2, 0.25) is 0 Å². The molecule has 0 fully saturated rings. The standard InChI is InChI=1S/C10H12N2O2/c1-2-11-10(13)9(12-14)8-6-4-3-5-7-8/h3-7,14H,2H2,1H3,(H,11,13)/b12-9-. The molecule has 0 bridgehead atoms. The molecule has 4 heteroatoms. The second kappa shape index (κ2) is 5.01. The van der Waals surface area contributed by atoms with E-state index in [1.165, 1.54) is 0 Å². The van der Waals surface area contributed by atoms with E-state index in [0.717, 1.165) is 0 Å². The zero-order valence-electron chi connectivity index (χ0n) is 7.90. The minimum absolute atomic E-state index is 0.0347. The lowest BCUT2D eigenvalue weighted by atomic mass is 10.1. The molecule has 74 valence electrons. The van der Waals surface area contributed by atoms with Crippen molar-refractivity contribution in [1.29, 1.82) is 0 Å². The Morgan fingerprint density at radius 3 is 2.57 bits per heavy atom. The Balaban J connectivity index is 2.89. The van der Waals surface area contributed by atoms with Gasteiger partial charge < -0.3 is 10.5 Å². The Morgan fingerprint density at radius 1 is 1.43 bits per heavy atom. The van der Waals surface area contributed by atoms with E-state index in [1.54, 1.807) is 31.2 Å². The highest BCUT2D eigenvalue weighted by Crippen LogP contribution is 2.00. The number of oxime groups is 1. The maximum atomic E-state index is 11.4. The SMILES string of the molecule is CCNC(=O)/C(=N\O)c1ccccc1. The monoisotopic (exact) mass is 192 g/mol. The highest BCUT2D eigenvalue weighted by molar-refractivity contribution is 6.45. The molecule has 0 saturated carbocycles. The summed E-state index contributed by atoms with van der Waals surface area (Å²) in [4.78, 5) is 11.4. The second-order valence-electron chi connectivity index (χ2n) is 2.67. The molecule has 14 heavy (non-hydrogen) atoms. The summed E-state index contributed by atoms with van der Waals surface area (Å²) in [6.45, 7) is 2.31. The summed E-state index contributed by atoms with van der Waals surface area (Å²) in [5, 5.41) is 14.3. The third-order valence-electron chi connectivity index (χ3n) is 1.70. The molecule has 1 rings (SSSR count). The largest absolute Gasteiger partial charge is 0.410 e. The fourth-order valence-electron chi connectivity index (χ4n) is 1.07. The smallest absolute Gasteiger partial charge is 0.273 e. The number of carbonyl (C=O) groups excluding carboxylic acids is 1. The van der Waals surface area contributed by atoms with Gasteiger partial charge in [0.1, 0.15) is 0 Å². The van der Waals surface area contributed by atoms with Crippen LogP contribution in [0.4, 0.5) is 0 Å². The number of benzene rings is 1. The van der Waals surface area contributed by atoms with Crippen molar-refractivity contribution in [2.24, 2.45) is 5.16 Å². The highest BCUT2D eigenvalue weighted by Gasteiger charge is 2.12. The Bertz CT molecular complexity index is 333. The van der Waals surface area contributed by atoms with Gasteiger partial charge in [-0.2, -0.15) is 0 Å². The van der Waals surface area contributed by atoms with Crippen molar-refractivity contribution in [3.63, 3.8) is 0 Å². The molecule has 0 atom stereocenters. The molecule has 1 aromatic carbocycles. The minimum Gasteiger partial charge on any atom is -0.410 e. The van der Waals surface area contributed by atoms with Crippen LogP contribution in [0.25, 0.3) is 0 Å². The third kappa shape index (κ3) is 2.32. The van der Waals surface area contributed by atoms with Crippen molar-refractivity contribution in [1.82, 2.24) is 5.32 Å². The molecule has 0 heterocycles. The van der Waals surface area contributed by atoms with Gasteiger partial charge in [0.15, 0.2) is 5.71 Å². The second-order valence-corrected chi connectivity index (χ2v) is 2.67. The number of likely N-dealkylation sites (N-methyl/N-ethyl adjacent to an activating group) is 1. The molecule has 0 radical (unpaired) electrons. The lowest BCUT2D eigenvalue weighted by Gasteiger charge is -2.03. The van der Waals surface area contributed by atoms with Crippen molar-refractivity contribution < 1.29 is 10.0 Å². The van der Waals surface area contributed by atoms with Crippen LogP contribution >= 0.6 is 0 Å². The maximum Gasteiger partial charge on any atom is 0.273 e. The molecule has 1 aromatic rings. The van der Waals surface area contributed by atoms with Gasteiger partial charge in [-0.1, -0.05) is 35.5 Å². The van der Waals surface area contributed by atoms with Crippen LogP contribution in [0, 0.1) is 0 Å². The van der Waals surface area contributed by atoms with Crippen LogP contribution in [0.5, 0.6) is 0 Å². The highest BCUT2D eigenvalue weighted by atomic mass is 16.4. The summed E-state index contributed by atoms with van der Waals surface area (Å²) in [6.07, 6.45) is 0. The van der Waals surface area contributed by atoms with Gasteiger partial charge in [-0.25, -0.2) is 0 Å². The van der Waals surface area contributed by atoms with E-state index in [1.807, 2.05) is 6.07 Å². The number of rotatable bonds is 3. The van der Waals surface area contributed by atoms with E-state index in [0.29, 0.717) is 12.1 Å². The zero-order chi connectivity index (χ0) is 10.4. The predicted octanol–water partition coefficient (Wildman–Crippen LogP) is 1.00. The quantitative estimate of drug-likeness (QED) is 0.426. The average Bonchev–Trinajstić information content (AvgIpc) is 2.21. The van der Waals surface area contributed by atoms with E-state index in [2.05, 4.69) is 10.5 Å². The van der Waals surface area contributed by atoms with E-state index < -0.39 is 0 Å². The van der Waals surface area contributed by atoms with Gasteiger partial charge in [0.05, 0.1) is 0 Å². The summed E-state index contributed by atoms with van der Waals surface area (Å²) in [6, 6.07) is 8.81. The van der Waals surface area contributed by atoms with E-state index in [-0.39, 0.29) is 11.6 Å². The van der Waals surface area contributed by atoms with Crippen LogP contribution in [0.3, 0.4) is 0 Å². The van der Waals surface area contributed by atoms with Crippen molar-refractivity contribution >= 4 is 11.6 Å². The first-order chi connectivity index (χ1) is 6.79. The molecule has 0 aliphatic carbocycles. The van der Waals surface area contributed by atoms with Crippen LogP contribution in [-0.2, 0) is 4.79 Å². The van der Waals surface area contributed by atoms with Crippen molar-refractivity contribution in [3.05, 3.63) is 35.9 Å². The molecular formula is C10H12N2O2. The summed E-state index contributed by atoms with van der Waals surface area (Å²) >= 11 is 0. The molecule has 0 saturated heterocycles. The summed E-state index contributed by atoms with van der Waals surface area (Å²) in [5.74, 6) is -0.374. The zero-order valence-corrected chi connectivity index (χ0v) is 7.90. The topological polar surface area (TPSA) is 61.7 Å². The molecule has 0 unspecified atom stereocenters. The summed E-state index contributed by atoms with van der Waals surface area (Å²) in [7, 11) is 0. The first kappa shape index (κ1) is 10.2. The van der Waals surface area contributed by atoms with Crippen molar-refractivity contribution in [2.75, 3.05) is 6.54 Å². The Hall–Kier alpha value is -1.84. The summed E-state index contributed by atoms with van der Waals surface area (Å²) < 4.78 is 0. The normalized spacial score (nSPS) is 11.1. The number of hydrogen-bond donors (Lipinski definition) is 2. The fraction of sp³-hybridized carbons (Fsp3) is 0.200. The number of carbonyl (C=O) groups is 1. The molecule has 0 aromatic heterocycles. The molecule has 0 spiro atoms. The van der Waals surface area contributed by atoms with Crippen molar-refractivity contribution in [2.45, 2.75) is 6.92 Å². The molecule has 0 aliphatic heterocycles. The lowest BCUT2D eigenvalue weighted by molar-refractivity contribution is -0.114. The van der Waals surface area contributed by atoms with Gasteiger partial charge in [-0.15, -0.1) is 0 Å². The van der Waals surface area contributed by atoms with Crippen LogP contribution in [0.1, 0.15) is 12.5 Å². The van der Waals surface area contributed by atoms with Crippen LogP contribution in [0.15, 0.2) is 35.5 Å². The number of amides is 1. The summed E-state index contributed by atoms with van der Waals surface area (Å²) in [5.41, 5.74) is 0.633. The first-order valence-electron chi connectivity index (χ1n) is 4.35. The predicted molar refractivity (Wildman–Crippen MR) is 53.4 cm³/mol. The third-order valence-corrected chi connectivity index (χ3v) is 1.70. The van der Waals surface area contributed by atoms with Gasteiger partial charge in [0, 0.05) is 12.1 Å². The fourth-order valence-corrected chi connectivity index (χ4v) is 1.07.